The number of benzene rings is 1. The molecular formula is C22H23N3OS. The lowest BCUT2D eigenvalue weighted by molar-refractivity contribution is 0.669. The van der Waals surface area contributed by atoms with Gasteiger partial charge in [0.15, 0.2) is 10.8 Å². The molecule has 0 bridgehead atoms. The number of hydrogen-bond acceptors (Lipinski definition) is 4. The Morgan fingerprint density at radius 2 is 2.00 bits per heavy atom. The Kier molecular flexibility index (Phi) is 4.87. The SMILES string of the molecule is C=C(C)CSc1nc2nc3c(cc2c(=O)n1-c1ccccc1C)CCCC3. The summed E-state index contributed by atoms with van der Waals surface area (Å²) in [6.07, 6.45) is 4.28. The molecule has 0 spiro atoms. The van der Waals surface area contributed by atoms with Crippen LogP contribution in [0.4, 0.5) is 0 Å². The summed E-state index contributed by atoms with van der Waals surface area (Å²) < 4.78 is 1.74. The van der Waals surface area contributed by atoms with Gasteiger partial charge < -0.3 is 0 Å². The molecule has 1 aliphatic rings. The molecular weight excluding hydrogens is 354 g/mol. The van der Waals surface area contributed by atoms with Gasteiger partial charge >= 0.3 is 0 Å². The molecule has 0 unspecified atom stereocenters. The van der Waals surface area contributed by atoms with Crippen molar-refractivity contribution in [1.29, 1.82) is 0 Å². The fourth-order valence-corrected chi connectivity index (χ4v) is 4.36. The Labute approximate surface area is 163 Å². The van der Waals surface area contributed by atoms with Crippen LogP contribution in [0.1, 0.15) is 36.6 Å². The number of aryl methyl sites for hydroxylation is 3. The Morgan fingerprint density at radius 1 is 1.22 bits per heavy atom. The van der Waals surface area contributed by atoms with Crippen LogP contribution in [0.25, 0.3) is 16.7 Å². The first-order valence-corrected chi connectivity index (χ1v) is 10.3. The van der Waals surface area contributed by atoms with E-state index in [-0.39, 0.29) is 5.56 Å². The van der Waals surface area contributed by atoms with Gasteiger partial charge in [0.05, 0.1) is 11.1 Å². The maximum atomic E-state index is 13.5. The second kappa shape index (κ2) is 7.31. The first-order chi connectivity index (χ1) is 13.0. The highest BCUT2D eigenvalue weighted by Crippen LogP contribution is 2.26. The van der Waals surface area contributed by atoms with Crippen molar-refractivity contribution >= 4 is 22.8 Å². The molecule has 0 saturated heterocycles. The third-order valence-corrected chi connectivity index (χ3v) is 6.08. The van der Waals surface area contributed by atoms with Crippen molar-refractivity contribution in [1.82, 2.24) is 14.5 Å². The molecule has 2 aromatic heterocycles. The Balaban J connectivity index is 1.99. The maximum absolute atomic E-state index is 13.5. The molecule has 1 aliphatic carbocycles. The van der Waals surface area contributed by atoms with Crippen LogP contribution >= 0.6 is 11.8 Å². The van der Waals surface area contributed by atoms with Crippen molar-refractivity contribution in [3.8, 4) is 5.69 Å². The maximum Gasteiger partial charge on any atom is 0.268 e. The largest absolute Gasteiger partial charge is 0.268 e. The van der Waals surface area contributed by atoms with Crippen LogP contribution in [-0.2, 0) is 12.8 Å². The smallest absolute Gasteiger partial charge is 0.268 e. The molecule has 27 heavy (non-hydrogen) atoms. The van der Waals surface area contributed by atoms with Crippen molar-refractivity contribution in [3.05, 3.63) is 69.7 Å². The molecule has 5 heteroatoms. The van der Waals surface area contributed by atoms with Crippen LogP contribution in [0, 0.1) is 6.92 Å². The number of pyridine rings is 1. The number of rotatable bonds is 4. The number of fused-ring (bicyclic) bond motifs is 2. The normalized spacial score (nSPS) is 13.6. The molecule has 4 rings (SSSR count). The summed E-state index contributed by atoms with van der Waals surface area (Å²) in [6.45, 7) is 7.98. The Hall–Kier alpha value is -2.40. The summed E-state index contributed by atoms with van der Waals surface area (Å²) in [5.41, 5.74) is 5.79. The summed E-state index contributed by atoms with van der Waals surface area (Å²) >= 11 is 1.54. The first-order valence-electron chi connectivity index (χ1n) is 9.33. The Morgan fingerprint density at radius 3 is 2.78 bits per heavy atom. The molecule has 0 aliphatic heterocycles. The highest BCUT2D eigenvalue weighted by atomic mass is 32.2. The molecule has 0 N–H and O–H groups in total. The van der Waals surface area contributed by atoms with Gasteiger partial charge in [-0.25, -0.2) is 9.97 Å². The number of nitrogens with zero attached hydrogens (tertiary/aromatic N) is 3. The zero-order chi connectivity index (χ0) is 19.0. The zero-order valence-corrected chi connectivity index (χ0v) is 16.6. The van der Waals surface area contributed by atoms with Crippen molar-refractivity contribution in [2.24, 2.45) is 0 Å². The average Bonchev–Trinajstić information content (AvgIpc) is 2.66. The average molecular weight is 378 g/mol. The molecule has 0 radical (unpaired) electrons. The lowest BCUT2D eigenvalue weighted by Crippen LogP contribution is -2.24. The van der Waals surface area contributed by atoms with Gasteiger partial charge in [0, 0.05) is 11.4 Å². The van der Waals surface area contributed by atoms with E-state index in [0.29, 0.717) is 16.2 Å². The molecule has 1 aromatic carbocycles. The summed E-state index contributed by atoms with van der Waals surface area (Å²) in [6, 6.07) is 9.95. The third-order valence-electron chi connectivity index (χ3n) is 4.91. The predicted molar refractivity (Wildman–Crippen MR) is 112 cm³/mol. The topological polar surface area (TPSA) is 47.8 Å². The van der Waals surface area contributed by atoms with Crippen molar-refractivity contribution < 1.29 is 0 Å². The lowest BCUT2D eigenvalue weighted by atomic mass is 9.95. The monoisotopic (exact) mass is 377 g/mol. The van der Waals surface area contributed by atoms with Crippen LogP contribution in [-0.4, -0.2) is 20.3 Å². The zero-order valence-electron chi connectivity index (χ0n) is 15.8. The van der Waals surface area contributed by atoms with E-state index < -0.39 is 0 Å². The van der Waals surface area contributed by atoms with E-state index in [9.17, 15) is 4.79 Å². The van der Waals surface area contributed by atoms with Crippen molar-refractivity contribution in [2.75, 3.05) is 5.75 Å². The van der Waals surface area contributed by atoms with E-state index >= 15 is 0 Å². The van der Waals surface area contributed by atoms with Gasteiger partial charge in [-0.15, -0.1) is 0 Å². The van der Waals surface area contributed by atoms with Gasteiger partial charge in [-0.2, -0.15) is 0 Å². The predicted octanol–water partition coefficient (Wildman–Crippen LogP) is 4.64. The van der Waals surface area contributed by atoms with Gasteiger partial charge in [0.25, 0.3) is 5.56 Å². The van der Waals surface area contributed by atoms with Crippen LogP contribution in [0.2, 0.25) is 0 Å². The molecule has 3 aromatic rings. The van der Waals surface area contributed by atoms with E-state index in [4.69, 9.17) is 9.97 Å². The Bertz CT molecular complexity index is 1100. The number of thioether (sulfide) groups is 1. The van der Waals surface area contributed by atoms with Crippen LogP contribution in [0.15, 0.2) is 52.4 Å². The summed E-state index contributed by atoms with van der Waals surface area (Å²) in [5, 5.41) is 1.28. The van der Waals surface area contributed by atoms with Crippen LogP contribution in [0.5, 0.6) is 0 Å². The van der Waals surface area contributed by atoms with E-state index in [2.05, 4.69) is 6.58 Å². The number of para-hydroxylation sites is 1. The highest BCUT2D eigenvalue weighted by molar-refractivity contribution is 7.99. The van der Waals surface area contributed by atoms with E-state index in [1.165, 1.54) is 17.3 Å². The van der Waals surface area contributed by atoms with Gasteiger partial charge in [0.2, 0.25) is 0 Å². The standard InChI is InChI=1S/C22H23N3OS/c1-14(2)13-27-22-24-20-17(12-16-9-5-6-10-18(16)23-20)21(26)25(22)19-11-7-4-8-15(19)3/h4,7-8,11-12H,1,5-6,9-10,13H2,2-3H3. The quantitative estimate of drug-likeness (QED) is 0.378. The summed E-state index contributed by atoms with van der Waals surface area (Å²) in [5.74, 6) is 0.717. The second-order valence-electron chi connectivity index (χ2n) is 7.24. The molecule has 0 fully saturated rings. The van der Waals surface area contributed by atoms with Gasteiger partial charge in [-0.1, -0.05) is 42.1 Å². The molecule has 2 heterocycles. The van der Waals surface area contributed by atoms with E-state index in [0.717, 1.165) is 54.0 Å². The first kappa shape index (κ1) is 18.0. The lowest BCUT2D eigenvalue weighted by Gasteiger charge is -2.18. The minimum atomic E-state index is -0.0422. The van der Waals surface area contributed by atoms with Gasteiger partial charge in [0.1, 0.15) is 0 Å². The fraction of sp³-hybridized carbons (Fsp3) is 0.318. The highest BCUT2D eigenvalue weighted by Gasteiger charge is 2.19. The molecule has 4 nitrogen and oxygen atoms in total. The minimum Gasteiger partial charge on any atom is -0.268 e. The van der Waals surface area contributed by atoms with E-state index in [1.807, 2.05) is 44.2 Å². The molecule has 0 saturated carbocycles. The van der Waals surface area contributed by atoms with Gasteiger partial charge in [-0.05, 0) is 62.8 Å². The summed E-state index contributed by atoms with van der Waals surface area (Å²) in [4.78, 5) is 23.0. The molecule has 138 valence electrons. The van der Waals surface area contributed by atoms with Crippen molar-refractivity contribution in [3.63, 3.8) is 0 Å². The molecule has 0 amide bonds. The molecule has 0 atom stereocenters. The van der Waals surface area contributed by atoms with Crippen LogP contribution < -0.4 is 5.56 Å². The van der Waals surface area contributed by atoms with Crippen molar-refractivity contribution in [2.45, 2.75) is 44.7 Å². The third kappa shape index (κ3) is 3.44. The number of hydrogen-bond donors (Lipinski definition) is 0. The van der Waals surface area contributed by atoms with Crippen LogP contribution in [0.3, 0.4) is 0 Å². The minimum absolute atomic E-state index is 0.0422. The van der Waals surface area contributed by atoms with E-state index in [1.54, 1.807) is 4.57 Å². The fourth-order valence-electron chi connectivity index (χ4n) is 3.52. The summed E-state index contributed by atoms with van der Waals surface area (Å²) in [7, 11) is 0. The second-order valence-corrected chi connectivity index (χ2v) is 8.18. The van der Waals surface area contributed by atoms with Gasteiger partial charge in [-0.3, -0.25) is 9.36 Å². The number of aromatic nitrogens is 3.